The Labute approximate surface area is 214 Å². The lowest BCUT2D eigenvalue weighted by Crippen LogP contribution is -2.37. The maximum atomic E-state index is 13.3. The number of allylic oxidation sites excluding steroid dienone is 1. The highest BCUT2D eigenvalue weighted by Gasteiger charge is 2.39. The number of nitrogens with one attached hydrogen (secondary N) is 1. The zero-order chi connectivity index (χ0) is 27.0. The second-order valence-corrected chi connectivity index (χ2v) is 9.66. The SMILES string of the molecule is CCOC(=O)C1=C(C)NC(CN(C)C)=C(C(=O)OCC)[C@H]1c1ccccc1/C=C\C(=O)OC(C)(C)C. The lowest BCUT2D eigenvalue weighted by molar-refractivity contribution is -0.148. The van der Waals surface area contributed by atoms with Crippen LogP contribution in [0.5, 0.6) is 0 Å². The third-order valence-corrected chi connectivity index (χ3v) is 5.22. The molecule has 36 heavy (non-hydrogen) atoms. The third kappa shape index (κ3) is 7.55. The molecule has 0 aliphatic carbocycles. The molecule has 0 amide bonds. The summed E-state index contributed by atoms with van der Waals surface area (Å²) in [7, 11) is 3.79. The monoisotopic (exact) mass is 498 g/mol. The molecule has 0 fully saturated rings. The van der Waals surface area contributed by atoms with Gasteiger partial charge in [0.25, 0.3) is 0 Å². The van der Waals surface area contributed by atoms with E-state index in [1.54, 1.807) is 47.6 Å². The molecule has 1 heterocycles. The van der Waals surface area contributed by atoms with Crippen molar-refractivity contribution >= 4 is 24.0 Å². The number of hydrogen-bond donors (Lipinski definition) is 1. The van der Waals surface area contributed by atoms with Gasteiger partial charge in [-0.15, -0.1) is 0 Å². The first-order valence-corrected chi connectivity index (χ1v) is 12.1. The predicted molar refractivity (Wildman–Crippen MR) is 139 cm³/mol. The highest BCUT2D eigenvalue weighted by molar-refractivity contribution is 6.00. The number of carbonyl (C=O) groups is 3. The molecule has 2 rings (SSSR count). The largest absolute Gasteiger partial charge is 0.463 e. The summed E-state index contributed by atoms with van der Waals surface area (Å²) in [5.74, 6) is -2.30. The molecule has 1 N–H and O–H groups in total. The van der Waals surface area contributed by atoms with Crippen LogP contribution in [-0.2, 0) is 28.6 Å². The van der Waals surface area contributed by atoms with Crippen LogP contribution in [0.2, 0.25) is 0 Å². The summed E-state index contributed by atoms with van der Waals surface area (Å²) in [5, 5.41) is 3.25. The van der Waals surface area contributed by atoms with Crippen molar-refractivity contribution in [1.82, 2.24) is 10.2 Å². The van der Waals surface area contributed by atoms with Gasteiger partial charge in [-0.3, -0.25) is 0 Å². The summed E-state index contributed by atoms with van der Waals surface area (Å²) in [6.45, 7) is 11.4. The lowest BCUT2D eigenvalue weighted by atomic mass is 9.78. The molecule has 0 saturated heterocycles. The minimum Gasteiger partial charge on any atom is -0.463 e. The second-order valence-electron chi connectivity index (χ2n) is 9.66. The van der Waals surface area contributed by atoms with Gasteiger partial charge in [-0.2, -0.15) is 0 Å². The van der Waals surface area contributed by atoms with Crippen molar-refractivity contribution in [1.29, 1.82) is 0 Å². The van der Waals surface area contributed by atoms with Crippen molar-refractivity contribution in [3.8, 4) is 0 Å². The van der Waals surface area contributed by atoms with Crippen LogP contribution in [0, 0.1) is 0 Å². The van der Waals surface area contributed by atoms with E-state index in [9.17, 15) is 14.4 Å². The number of ether oxygens (including phenoxy) is 3. The number of hydrogen-bond acceptors (Lipinski definition) is 8. The average molecular weight is 499 g/mol. The van der Waals surface area contributed by atoms with E-state index in [1.807, 2.05) is 43.3 Å². The van der Waals surface area contributed by atoms with E-state index < -0.39 is 29.4 Å². The van der Waals surface area contributed by atoms with Crippen molar-refractivity contribution < 1.29 is 28.6 Å². The molecule has 1 aliphatic heterocycles. The van der Waals surface area contributed by atoms with Crippen LogP contribution < -0.4 is 5.32 Å². The van der Waals surface area contributed by atoms with Crippen molar-refractivity contribution in [3.05, 3.63) is 64.0 Å². The topological polar surface area (TPSA) is 94.2 Å². The zero-order valence-electron chi connectivity index (χ0n) is 22.6. The van der Waals surface area contributed by atoms with Crippen LogP contribution in [0.3, 0.4) is 0 Å². The summed E-state index contributed by atoms with van der Waals surface area (Å²) >= 11 is 0. The van der Waals surface area contributed by atoms with Gasteiger partial charge in [0.15, 0.2) is 0 Å². The number of carbonyl (C=O) groups excluding carboxylic acids is 3. The van der Waals surface area contributed by atoms with E-state index in [-0.39, 0.29) is 13.2 Å². The van der Waals surface area contributed by atoms with Gasteiger partial charge in [-0.05, 0) is 72.8 Å². The molecule has 8 heteroatoms. The molecule has 1 atom stereocenters. The maximum Gasteiger partial charge on any atom is 0.336 e. The normalized spacial score (nSPS) is 16.3. The fourth-order valence-electron chi connectivity index (χ4n) is 4.00. The standard InChI is InChI=1S/C28H38N2O6/c1-9-34-26(32)23-18(3)29-21(17-30(7)8)25(27(33)35-10-2)24(23)20-14-12-11-13-19(20)15-16-22(31)36-28(4,5)6/h11-16,24,29H,9-10,17H2,1-8H3/b16-15-/t24-/m0/s1. The number of benzene rings is 1. The van der Waals surface area contributed by atoms with Gasteiger partial charge in [0.2, 0.25) is 0 Å². The number of dihydropyridines is 1. The first-order valence-electron chi connectivity index (χ1n) is 12.1. The van der Waals surface area contributed by atoms with E-state index in [0.29, 0.717) is 40.2 Å². The third-order valence-electron chi connectivity index (χ3n) is 5.22. The number of likely N-dealkylation sites (N-methyl/N-ethyl adjacent to an activating group) is 1. The molecule has 0 radical (unpaired) electrons. The fraction of sp³-hybridized carbons (Fsp3) is 0.464. The molecule has 0 unspecified atom stereocenters. The van der Waals surface area contributed by atoms with Crippen LogP contribution >= 0.6 is 0 Å². The highest BCUT2D eigenvalue weighted by Crippen LogP contribution is 2.41. The number of rotatable bonds is 9. The quantitative estimate of drug-likeness (QED) is 0.311. The Bertz CT molecular complexity index is 1080. The minimum atomic E-state index is -0.765. The Kier molecular flexibility index (Phi) is 10.0. The molecule has 1 aliphatic rings. The van der Waals surface area contributed by atoms with Crippen molar-refractivity contribution in [2.45, 2.75) is 53.1 Å². The molecule has 0 aromatic heterocycles. The lowest BCUT2D eigenvalue weighted by Gasteiger charge is -2.33. The van der Waals surface area contributed by atoms with Gasteiger partial charge >= 0.3 is 17.9 Å². The first-order chi connectivity index (χ1) is 16.9. The first kappa shape index (κ1) is 28.8. The average Bonchev–Trinajstić information content (AvgIpc) is 2.76. The Morgan fingerprint density at radius 3 is 2.14 bits per heavy atom. The van der Waals surface area contributed by atoms with Gasteiger partial charge in [0.1, 0.15) is 5.60 Å². The molecule has 8 nitrogen and oxygen atoms in total. The molecule has 0 bridgehead atoms. The summed E-state index contributed by atoms with van der Waals surface area (Å²) in [5.41, 5.74) is 2.58. The van der Waals surface area contributed by atoms with E-state index >= 15 is 0 Å². The highest BCUT2D eigenvalue weighted by atomic mass is 16.6. The van der Waals surface area contributed by atoms with Crippen molar-refractivity contribution in [2.24, 2.45) is 0 Å². The molecule has 0 saturated carbocycles. The van der Waals surface area contributed by atoms with E-state index in [2.05, 4.69) is 5.32 Å². The Morgan fingerprint density at radius 1 is 1.00 bits per heavy atom. The second kappa shape index (κ2) is 12.5. The Hall–Kier alpha value is -3.39. The van der Waals surface area contributed by atoms with Crippen molar-refractivity contribution in [2.75, 3.05) is 33.9 Å². The molecule has 1 aromatic carbocycles. The van der Waals surface area contributed by atoms with Crippen LogP contribution in [0.15, 0.2) is 52.9 Å². The van der Waals surface area contributed by atoms with Crippen molar-refractivity contribution in [3.63, 3.8) is 0 Å². The molecule has 196 valence electrons. The van der Waals surface area contributed by atoms with Crippen LogP contribution in [0.1, 0.15) is 58.6 Å². The number of nitrogens with zero attached hydrogens (tertiary/aromatic N) is 1. The minimum absolute atomic E-state index is 0.182. The van der Waals surface area contributed by atoms with Crippen LogP contribution in [-0.4, -0.2) is 62.3 Å². The molecular formula is C28H38N2O6. The van der Waals surface area contributed by atoms with Crippen LogP contribution in [0.25, 0.3) is 6.08 Å². The van der Waals surface area contributed by atoms with Gasteiger partial charge in [-0.1, -0.05) is 24.3 Å². The molecular weight excluding hydrogens is 460 g/mol. The van der Waals surface area contributed by atoms with Gasteiger partial charge in [0, 0.05) is 24.0 Å². The van der Waals surface area contributed by atoms with E-state index in [1.165, 1.54) is 6.08 Å². The fourth-order valence-corrected chi connectivity index (χ4v) is 4.00. The van der Waals surface area contributed by atoms with Gasteiger partial charge in [0.05, 0.1) is 30.3 Å². The van der Waals surface area contributed by atoms with Gasteiger partial charge < -0.3 is 24.4 Å². The Morgan fingerprint density at radius 2 is 1.58 bits per heavy atom. The van der Waals surface area contributed by atoms with Crippen LogP contribution in [0.4, 0.5) is 0 Å². The smallest absolute Gasteiger partial charge is 0.336 e. The summed E-state index contributed by atoms with van der Waals surface area (Å²) in [4.78, 5) is 40.8. The zero-order valence-corrected chi connectivity index (χ0v) is 22.6. The predicted octanol–water partition coefficient (Wildman–Crippen LogP) is 3.94. The van der Waals surface area contributed by atoms with Gasteiger partial charge in [-0.25, -0.2) is 14.4 Å². The maximum absolute atomic E-state index is 13.3. The Balaban J connectivity index is 2.75. The molecule has 0 spiro atoms. The van der Waals surface area contributed by atoms with E-state index in [4.69, 9.17) is 14.2 Å². The summed E-state index contributed by atoms with van der Waals surface area (Å²) < 4.78 is 16.2. The summed E-state index contributed by atoms with van der Waals surface area (Å²) in [6, 6.07) is 7.32. The number of esters is 3. The molecule has 1 aromatic rings. The van der Waals surface area contributed by atoms with E-state index in [0.717, 1.165) is 0 Å². The summed E-state index contributed by atoms with van der Waals surface area (Å²) in [6.07, 6.45) is 2.98.